The minimum atomic E-state index is -1.24. The fourth-order valence-corrected chi connectivity index (χ4v) is 2.53. The number of hydrogen-bond donors (Lipinski definition) is 1. The zero-order valence-corrected chi connectivity index (χ0v) is 11.4. The van der Waals surface area contributed by atoms with Crippen molar-refractivity contribution >= 4 is 5.97 Å². The van der Waals surface area contributed by atoms with Crippen LogP contribution in [0.2, 0.25) is 0 Å². The van der Waals surface area contributed by atoms with Gasteiger partial charge in [-0.1, -0.05) is 13.0 Å². The van der Waals surface area contributed by atoms with E-state index in [2.05, 4.69) is 0 Å². The fourth-order valence-electron chi connectivity index (χ4n) is 2.53. The molecule has 1 atom stereocenters. The number of carboxylic acids is 1. The van der Waals surface area contributed by atoms with E-state index < -0.39 is 11.6 Å². The maximum Gasteiger partial charge on any atom is 0.340 e. The van der Waals surface area contributed by atoms with Crippen molar-refractivity contribution in [1.82, 2.24) is 0 Å². The summed E-state index contributed by atoms with van der Waals surface area (Å²) in [6.45, 7) is 4.92. The zero-order chi connectivity index (χ0) is 13.9. The molecule has 1 aromatic carbocycles. The molecule has 1 aliphatic rings. The molecule has 0 amide bonds. The predicted octanol–water partition coefficient (Wildman–Crippen LogP) is 2.74. The molecule has 104 valence electrons. The quantitative estimate of drug-likeness (QED) is 0.888. The topological polar surface area (TPSA) is 55.8 Å². The van der Waals surface area contributed by atoms with E-state index in [-0.39, 0.29) is 0 Å². The predicted molar refractivity (Wildman–Crippen MR) is 71.5 cm³/mol. The summed E-state index contributed by atoms with van der Waals surface area (Å²) in [7, 11) is 0. The molecule has 4 nitrogen and oxygen atoms in total. The molecule has 1 N–H and O–H groups in total. The van der Waals surface area contributed by atoms with Crippen molar-refractivity contribution in [3.8, 4) is 5.75 Å². The van der Waals surface area contributed by atoms with Crippen molar-refractivity contribution in [2.24, 2.45) is 0 Å². The van der Waals surface area contributed by atoms with Gasteiger partial charge >= 0.3 is 5.97 Å². The number of hydrogen-bond acceptors (Lipinski definition) is 3. The lowest BCUT2D eigenvalue weighted by molar-refractivity contribution is -0.161. The number of carboxylic acid groups (broad SMARTS) is 1. The van der Waals surface area contributed by atoms with Crippen LogP contribution in [0.4, 0.5) is 0 Å². The molecule has 0 radical (unpaired) electrons. The molecule has 4 heteroatoms. The van der Waals surface area contributed by atoms with Gasteiger partial charge in [-0.2, -0.15) is 0 Å². The van der Waals surface area contributed by atoms with E-state index in [0.29, 0.717) is 30.9 Å². The molecule has 1 saturated heterocycles. The van der Waals surface area contributed by atoms with Crippen molar-refractivity contribution in [3.63, 3.8) is 0 Å². The van der Waals surface area contributed by atoms with Gasteiger partial charge in [-0.05, 0) is 43.9 Å². The summed E-state index contributed by atoms with van der Waals surface area (Å²) >= 11 is 0. The van der Waals surface area contributed by atoms with Crippen LogP contribution in [0.1, 0.15) is 37.8 Å². The van der Waals surface area contributed by atoms with Gasteiger partial charge in [-0.25, -0.2) is 4.79 Å². The van der Waals surface area contributed by atoms with Crippen LogP contribution < -0.4 is 4.74 Å². The van der Waals surface area contributed by atoms with Crippen LogP contribution in [0.25, 0.3) is 0 Å². The Balaban J connectivity index is 2.53. The van der Waals surface area contributed by atoms with Crippen molar-refractivity contribution in [1.29, 1.82) is 0 Å². The van der Waals surface area contributed by atoms with E-state index in [1.807, 2.05) is 32.0 Å². The lowest BCUT2D eigenvalue weighted by Crippen LogP contribution is -2.35. The van der Waals surface area contributed by atoms with Crippen molar-refractivity contribution < 1.29 is 19.4 Å². The normalized spacial score (nSPS) is 22.4. The van der Waals surface area contributed by atoms with Gasteiger partial charge in [0.15, 0.2) is 5.60 Å². The van der Waals surface area contributed by atoms with Crippen LogP contribution in [0.3, 0.4) is 0 Å². The fraction of sp³-hybridized carbons (Fsp3) is 0.533. The summed E-state index contributed by atoms with van der Waals surface area (Å²) in [4.78, 5) is 11.7. The van der Waals surface area contributed by atoms with Gasteiger partial charge in [0.2, 0.25) is 0 Å². The summed E-state index contributed by atoms with van der Waals surface area (Å²) in [5, 5.41) is 9.59. The highest BCUT2D eigenvalue weighted by Crippen LogP contribution is 2.41. The lowest BCUT2D eigenvalue weighted by Gasteiger charge is -2.26. The van der Waals surface area contributed by atoms with Gasteiger partial charge < -0.3 is 14.6 Å². The maximum absolute atomic E-state index is 11.7. The number of aryl methyl sites for hydroxylation is 1. The zero-order valence-electron chi connectivity index (χ0n) is 11.4. The molecule has 1 aliphatic heterocycles. The molecule has 0 unspecified atom stereocenters. The second kappa shape index (κ2) is 5.61. The van der Waals surface area contributed by atoms with Crippen molar-refractivity contribution in [3.05, 3.63) is 29.3 Å². The molecule has 0 saturated carbocycles. The Morgan fingerprint density at radius 2 is 2.26 bits per heavy atom. The average molecular weight is 264 g/mol. The van der Waals surface area contributed by atoms with Crippen molar-refractivity contribution in [2.45, 2.75) is 38.7 Å². The van der Waals surface area contributed by atoms with Gasteiger partial charge in [0.05, 0.1) is 6.61 Å². The minimum Gasteiger partial charge on any atom is -0.493 e. The number of benzene rings is 1. The summed E-state index contributed by atoms with van der Waals surface area (Å²) in [6, 6.07) is 5.73. The van der Waals surface area contributed by atoms with E-state index >= 15 is 0 Å². The first-order valence-electron chi connectivity index (χ1n) is 6.77. The number of carbonyl (C=O) groups is 1. The van der Waals surface area contributed by atoms with Crippen molar-refractivity contribution in [2.75, 3.05) is 13.2 Å². The smallest absolute Gasteiger partial charge is 0.340 e. The molecular weight excluding hydrogens is 244 g/mol. The Bertz CT molecular complexity index is 461. The standard InChI is InChI=1S/C15H20O4/c1-3-11-6-7-13(18-4-2)12(10-11)15(14(16)17)8-5-9-19-15/h6-7,10H,3-5,8-9H2,1-2H3,(H,16,17)/t15-/m0/s1. The summed E-state index contributed by atoms with van der Waals surface area (Å²) in [5.74, 6) is -0.316. The molecular formula is C15H20O4. The molecule has 0 spiro atoms. The van der Waals surface area contributed by atoms with E-state index in [0.717, 1.165) is 18.4 Å². The first kappa shape index (κ1) is 13.9. The molecule has 0 bridgehead atoms. The molecule has 1 heterocycles. The molecule has 1 aromatic rings. The first-order chi connectivity index (χ1) is 9.14. The van der Waals surface area contributed by atoms with Crippen LogP contribution in [0.5, 0.6) is 5.75 Å². The van der Waals surface area contributed by atoms with E-state index in [4.69, 9.17) is 9.47 Å². The molecule has 0 aliphatic carbocycles. The number of aliphatic carboxylic acids is 1. The largest absolute Gasteiger partial charge is 0.493 e. The van der Waals surface area contributed by atoms with Crippen LogP contribution >= 0.6 is 0 Å². The van der Waals surface area contributed by atoms with E-state index in [1.165, 1.54) is 0 Å². The first-order valence-corrected chi connectivity index (χ1v) is 6.77. The van der Waals surface area contributed by atoms with Crippen LogP contribution in [0, 0.1) is 0 Å². The Morgan fingerprint density at radius 3 is 2.79 bits per heavy atom. The lowest BCUT2D eigenvalue weighted by atomic mass is 9.88. The van der Waals surface area contributed by atoms with Crippen LogP contribution in [-0.2, 0) is 21.6 Å². The second-order valence-corrected chi connectivity index (χ2v) is 4.70. The highest BCUT2D eigenvalue weighted by molar-refractivity contribution is 5.81. The van der Waals surface area contributed by atoms with Gasteiger partial charge in [-0.3, -0.25) is 0 Å². The molecule has 0 aromatic heterocycles. The summed E-state index contributed by atoms with van der Waals surface area (Å²) in [5.41, 5.74) is 0.503. The monoisotopic (exact) mass is 264 g/mol. The van der Waals surface area contributed by atoms with Gasteiger partial charge in [0.1, 0.15) is 5.75 Å². The minimum absolute atomic E-state index is 0.480. The third-order valence-corrected chi connectivity index (χ3v) is 3.55. The van der Waals surface area contributed by atoms with Gasteiger partial charge in [0, 0.05) is 12.2 Å². The van der Waals surface area contributed by atoms with Crippen LogP contribution in [-0.4, -0.2) is 24.3 Å². The molecule has 19 heavy (non-hydrogen) atoms. The van der Waals surface area contributed by atoms with Gasteiger partial charge in [-0.15, -0.1) is 0 Å². The molecule has 1 fully saturated rings. The highest BCUT2D eigenvalue weighted by atomic mass is 16.5. The van der Waals surface area contributed by atoms with Crippen LogP contribution in [0.15, 0.2) is 18.2 Å². The number of ether oxygens (including phenoxy) is 2. The summed E-state index contributed by atoms with van der Waals surface area (Å²) in [6.07, 6.45) is 2.11. The highest BCUT2D eigenvalue weighted by Gasteiger charge is 2.46. The van der Waals surface area contributed by atoms with E-state index in [1.54, 1.807) is 0 Å². The second-order valence-electron chi connectivity index (χ2n) is 4.70. The van der Waals surface area contributed by atoms with E-state index in [9.17, 15) is 9.90 Å². The Kier molecular flexibility index (Phi) is 4.10. The Hall–Kier alpha value is -1.55. The SMILES string of the molecule is CCOc1ccc(CC)cc1[C@]1(C(=O)O)CCCO1. The summed E-state index contributed by atoms with van der Waals surface area (Å²) < 4.78 is 11.2. The molecule has 2 rings (SSSR count). The average Bonchev–Trinajstić information content (AvgIpc) is 2.90. The Labute approximate surface area is 113 Å². The maximum atomic E-state index is 11.7. The number of rotatable bonds is 5. The Morgan fingerprint density at radius 1 is 1.47 bits per heavy atom. The third kappa shape index (κ3) is 2.45. The van der Waals surface area contributed by atoms with Gasteiger partial charge in [0.25, 0.3) is 0 Å². The third-order valence-electron chi connectivity index (χ3n) is 3.55.